The highest BCUT2D eigenvalue weighted by Gasteiger charge is 2.27. The lowest BCUT2D eigenvalue weighted by atomic mass is 10.0. The van der Waals surface area contributed by atoms with Crippen molar-refractivity contribution in [1.82, 2.24) is 5.32 Å². The average Bonchev–Trinajstić information content (AvgIpc) is 3.34. The standard InChI is InChI=1S/C63H113N2O6P/c1-6-8-10-12-14-16-18-20-22-23-24-25-26-27-28-29-30-31-32-33-34-35-36-37-38-39-40-41-43-45-47-49-51-53-55-57-63(67)64-61(60-71-72(68,69)70-59-58-65(3,4)5)62(66)56-54-52-50-48-46-44-42-21-19-17-15-13-11-9-7-2/h8,10,14,16,20,22,24-25,27-28,30-31,46,48,54,56,61-62,66H,6-7,9,11-13,15,17-19,21,23,26,29,32-45,47,49-53,55,57-60H2,1-5H3,(H-,64,67,68,69)/p+1/b10-8-,16-14-,22-20-,25-24-,28-27-,31-30-,48-46+,56-54+. The second-order valence-corrected chi connectivity index (χ2v) is 22.4. The van der Waals surface area contributed by atoms with E-state index >= 15 is 0 Å². The summed E-state index contributed by atoms with van der Waals surface area (Å²) in [5.74, 6) is -0.189. The number of likely N-dealkylation sites (N-methyl/N-ethyl adjacent to an activating group) is 1. The number of quaternary nitrogens is 1. The van der Waals surface area contributed by atoms with Gasteiger partial charge in [0.2, 0.25) is 5.91 Å². The SMILES string of the molecule is CC/C=C\C/C=C\C/C=C\C/C=C\C/C=C\C/C=C\CCCCCCCCCCCCCCCCCCC(=O)NC(COP(=O)(O)OCC[N+](C)(C)C)C(O)/C=C/CC/C=C/CCCCCCCCCCC. The Morgan fingerprint density at radius 1 is 0.486 bits per heavy atom. The number of phosphoric acid groups is 1. The molecule has 0 aromatic carbocycles. The number of carbonyl (C=O) groups is 1. The Balaban J connectivity index is 4.09. The van der Waals surface area contributed by atoms with E-state index in [1.807, 2.05) is 27.2 Å². The number of amides is 1. The first-order valence-corrected chi connectivity index (χ1v) is 31.1. The molecule has 3 unspecified atom stereocenters. The number of hydrogen-bond donors (Lipinski definition) is 3. The number of hydrogen-bond acceptors (Lipinski definition) is 5. The molecule has 0 aliphatic heterocycles. The molecular formula is C63H114N2O6P+. The number of allylic oxidation sites excluding steroid dienone is 15. The molecule has 0 heterocycles. The van der Waals surface area contributed by atoms with E-state index in [-0.39, 0.29) is 19.1 Å². The fraction of sp³-hybridized carbons (Fsp3) is 0.730. The Hall–Kier alpha value is -2.58. The van der Waals surface area contributed by atoms with Crippen LogP contribution in [-0.4, -0.2) is 73.4 Å². The molecule has 0 bridgehead atoms. The molecule has 0 aliphatic carbocycles. The average molecular weight is 1030 g/mol. The lowest BCUT2D eigenvalue weighted by Crippen LogP contribution is -2.45. The van der Waals surface area contributed by atoms with E-state index in [4.69, 9.17) is 9.05 Å². The molecule has 0 rings (SSSR count). The zero-order valence-electron chi connectivity index (χ0n) is 47.4. The molecule has 3 atom stereocenters. The summed E-state index contributed by atoms with van der Waals surface area (Å²) >= 11 is 0. The zero-order valence-corrected chi connectivity index (χ0v) is 48.3. The smallest absolute Gasteiger partial charge is 0.387 e. The number of carbonyl (C=O) groups excluding carboxylic acids is 1. The van der Waals surface area contributed by atoms with E-state index in [0.717, 1.165) is 77.0 Å². The molecule has 72 heavy (non-hydrogen) atoms. The highest BCUT2D eigenvalue weighted by atomic mass is 31.2. The van der Waals surface area contributed by atoms with Crippen LogP contribution in [-0.2, 0) is 18.4 Å². The van der Waals surface area contributed by atoms with Gasteiger partial charge in [0.1, 0.15) is 13.2 Å². The molecule has 0 aromatic heterocycles. The van der Waals surface area contributed by atoms with Crippen LogP contribution in [0.1, 0.15) is 245 Å². The van der Waals surface area contributed by atoms with E-state index in [2.05, 4.69) is 104 Å². The maximum atomic E-state index is 13.0. The molecule has 0 saturated carbocycles. The van der Waals surface area contributed by atoms with Crippen molar-refractivity contribution in [3.63, 3.8) is 0 Å². The number of phosphoric ester groups is 1. The topological polar surface area (TPSA) is 105 Å². The lowest BCUT2D eigenvalue weighted by molar-refractivity contribution is -0.870. The van der Waals surface area contributed by atoms with Crippen LogP contribution in [0.25, 0.3) is 0 Å². The summed E-state index contributed by atoms with van der Waals surface area (Å²) in [7, 11) is 1.55. The van der Waals surface area contributed by atoms with Gasteiger partial charge in [-0.2, -0.15) is 0 Å². The van der Waals surface area contributed by atoms with Gasteiger partial charge < -0.3 is 19.8 Å². The Bertz CT molecular complexity index is 1490. The summed E-state index contributed by atoms with van der Waals surface area (Å²) in [6.07, 6.45) is 76.6. The molecule has 3 N–H and O–H groups in total. The summed E-state index contributed by atoms with van der Waals surface area (Å²) in [4.78, 5) is 23.3. The maximum Gasteiger partial charge on any atom is 0.472 e. The first-order chi connectivity index (χ1) is 35.0. The van der Waals surface area contributed by atoms with Crippen molar-refractivity contribution in [2.45, 2.75) is 257 Å². The summed E-state index contributed by atoms with van der Waals surface area (Å²) in [6.45, 7) is 4.68. The maximum absolute atomic E-state index is 13.0. The van der Waals surface area contributed by atoms with Gasteiger partial charge in [-0.1, -0.05) is 252 Å². The number of unbranched alkanes of at least 4 members (excludes halogenated alkanes) is 26. The van der Waals surface area contributed by atoms with Crippen LogP contribution in [0.2, 0.25) is 0 Å². The summed E-state index contributed by atoms with van der Waals surface area (Å²) < 4.78 is 23.7. The van der Waals surface area contributed by atoms with Crippen molar-refractivity contribution in [3.8, 4) is 0 Å². The molecule has 9 heteroatoms. The molecule has 8 nitrogen and oxygen atoms in total. The Kier molecular flexibility index (Phi) is 51.3. The third-order valence-electron chi connectivity index (χ3n) is 12.8. The number of nitrogens with one attached hydrogen (secondary N) is 1. The van der Waals surface area contributed by atoms with Crippen molar-refractivity contribution in [2.75, 3.05) is 40.9 Å². The fourth-order valence-corrected chi connectivity index (χ4v) is 8.92. The van der Waals surface area contributed by atoms with Gasteiger partial charge in [-0.25, -0.2) is 4.57 Å². The zero-order chi connectivity index (χ0) is 52.7. The van der Waals surface area contributed by atoms with Crippen molar-refractivity contribution >= 4 is 13.7 Å². The molecule has 0 aliphatic rings. The molecule has 0 aromatic rings. The van der Waals surface area contributed by atoms with E-state index in [1.54, 1.807) is 6.08 Å². The van der Waals surface area contributed by atoms with Gasteiger partial charge in [0.15, 0.2) is 0 Å². The van der Waals surface area contributed by atoms with Crippen LogP contribution in [0.15, 0.2) is 97.2 Å². The monoisotopic (exact) mass is 1030 g/mol. The van der Waals surface area contributed by atoms with E-state index < -0.39 is 20.0 Å². The van der Waals surface area contributed by atoms with Crippen LogP contribution < -0.4 is 5.32 Å². The number of aliphatic hydroxyl groups excluding tert-OH is 1. The third-order valence-corrected chi connectivity index (χ3v) is 13.8. The highest BCUT2D eigenvalue weighted by Crippen LogP contribution is 2.43. The van der Waals surface area contributed by atoms with Gasteiger partial charge in [0.05, 0.1) is 39.9 Å². The Morgan fingerprint density at radius 2 is 0.847 bits per heavy atom. The lowest BCUT2D eigenvalue weighted by Gasteiger charge is -2.25. The predicted molar refractivity (Wildman–Crippen MR) is 313 cm³/mol. The third kappa shape index (κ3) is 55.2. The quantitative estimate of drug-likeness (QED) is 0.0243. The van der Waals surface area contributed by atoms with Gasteiger partial charge in [-0.15, -0.1) is 0 Å². The minimum atomic E-state index is -4.36. The summed E-state index contributed by atoms with van der Waals surface area (Å²) in [5.41, 5.74) is 0. The molecular weight excluding hydrogens is 912 g/mol. The molecule has 0 fully saturated rings. The van der Waals surface area contributed by atoms with Gasteiger partial charge in [0.25, 0.3) is 0 Å². The molecule has 416 valence electrons. The second-order valence-electron chi connectivity index (χ2n) is 21.0. The largest absolute Gasteiger partial charge is 0.472 e. The van der Waals surface area contributed by atoms with Crippen LogP contribution in [0.3, 0.4) is 0 Å². The van der Waals surface area contributed by atoms with Crippen LogP contribution >= 0.6 is 7.82 Å². The van der Waals surface area contributed by atoms with E-state index in [0.29, 0.717) is 17.4 Å². The molecule has 0 radical (unpaired) electrons. The second kappa shape index (κ2) is 53.3. The van der Waals surface area contributed by atoms with Crippen molar-refractivity contribution in [3.05, 3.63) is 97.2 Å². The van der Waals surface area contributed by atoms with Crippen molar-refractivity contribution < 1.29 is 32.9 Å². The van der Waals surface area contributed by atoms with E-state index in [1.165, 1.54) is 148 Å². The minimum absolute atomic E-state index is 0.0534. The first-order valence-electron chi connectivity index (χ1n) is 29.6. The molecule has 0 saturated heterocycles. The van der Waals surface area contributed by atoms with Crippen LogP contribution in [0.5, 0.6) is 0 Å². The van der Waals surface area contributed by atoms with Gasteiger partial charge in [0, 0.05) is 6.42 Å². The summed E-state index contributed by atoms with van der Waals surface area (Å²) in [5, 5.41) is 13.9. The fourth-order valence-electron chi connectivity index (χ4n) is 8.18. The number of rotatable bonds is 53. The predicted octanol–water partition coefficient (Wildman–Crippen LogP) is 18.2. The first kappa shape index (κ1) is 69.4. The minimum Gasteiger partial charge on any atom is -0.387 e. The molecule has 0 spiro atoms. The number of aliphatic hydroxyl groups is 1. The molecule has 1 amide bonds. The number of nitrogens with zero attached hydrogens (tertiary/aromatic N) is 1. The Morgan fingerprint density at radius 3 is 1.28 bits per heavy atom. The highest BCUT2D eigenvalue weighted by molar-refractivity contribution is 7.47. The van der Waals surface area contributed by atoms with Gasteiger partial charge >= 0.3 is 7.82 Å². The van der Waals surface area contributed by atoms with Crippen molar-refractivity contribution in [2.24, 2.45) is 0 Å². The van der Waals surface area contributed by atoms with Crippen molar-refractivity contribution in [1.29, 1.82) is 0 Å². The summed E-state index contributed by atoms with van der Waals surface area (Å²) in [6, 6.07) is -0.867. The Labute approximate surface area is 445 Å². The van der Waals surface area contributed by atoms with E-state index in [9.17, 15) is 19.4 Å². The normalized spacial score (nSPS) is 14.6. The van der Waals surface area contributed by atoms with Crippen LogP contribution in [0, 0.1) is 0 Å². The van der Waals surface area contributed by atoms with Crippen LogP contribution in [0.4, 0.5) is 0 Å². The van der Waals surface area contributed by atoms with Gasteiger partial charge in [-0.05, 0) is 83.5 Å². The van der Waals surface area contributed by atoms with Gasteiger partial charge in [-0.3, -0.25) is 13.8 Å².